The van der Waals surface area contributed by atoms with E-state index in [4.69, 9.17) is 4.74 Å². The van der Waals surface area contributed by atoms with Gasteiger partial charge in [0.05, 0.1) is 7.11 Å². The molecule has 2 heterocycles. The van der Waals surface area contributed by atoms with Gasteiger partial charge in [-0.15, -0.1) is 0 Å². The van der Waals surface area contributed by atoms with Crippen LogP contribution in [0.15, 0.2) is 30.3 Å². The van der Waals surface area contributed by atoms with Crippen LogP contribution in [0.1, 0.15) is 58.5 Å². The molecule has 4 rings (SSSR count). The first-order chi connectivity index (χ1) is 17.9. The summed E-state index contributed by atoms with van der Waals surface area (Å²) >= 11 is 0. The first-order valence-corrected chi connectivity index (χ1v) is 13.4. The molecule has 1 saturated carbocycles. The van der Waals surface area contributed by atoms with Crippen LogP contribution < -0.4 is 10.6 Å². The summed E-state index contributed by atoms with van der Waals surface area (Å²) in [5, 5.41) is 6.69. The lowest BCUT2D eigenvalue weighted by Crippen LogP contribution is -2.58. The molecule has 1 saturated heterocycles. The molecule has 1 aromatic carbocycles. The zero-order valence-corrected chi connectivity index (χ0v) is 23.3. The largest absolute Gasteiger partial charge is 0.467 e. The predicted octanol–water partition coefficient (Wildman–Crippen LogP) is 3.11. The fraction of sp³-hybridized carbons (Fsp3) is 0.586. The number of carbonyl (C=O) groups is 4. The van der Waals surface area contributed by atoms with Crippen molar-refractivity contribution in [1.29, 1.82) is 0 Å². The van der Waals surface area contributed by atoms with Gasteiger partial charge in [-0.05, 0) is 47.6 Å². The number of hydrogen-bond acceptors (Lipinski definition) is 5. The number of para-hydroxylation sites is 1. The summed E-state index contributed by atoms with van der Waals surface area (Å²) in [6, 6.07) is 7.06. The standard InChI is InChI=1S/C29H40N4O5/c1-15(2)12-21(31-25(34)20-13-17-10-8-9-11-19(17)30-20)27(36)33-14-18-22(29(18,5)6)24(33)26(35)32-23(16(3)4)28(37)38-7/h8-11,13,15-16,18,21-24,30H,12,14H2,1-7H3,(H,31,34)(H,32,35)/t18-,21-,22-,23-,24-/m0/s1. The molecule has 2 aliphatic rings. The molecule has 9 heteroatoms. The van der Waals surface area contributed by atoms with E-state index in [1.54, 1.807) is 11.0 Å². The Bertz CT molecular complexity index is 1200. The number of benzene rings is 1. The number of hydrogen-bond donors (Lipinski definition) is 3. The fourth-order valence-corrected chi connectivity index (χ4v) is 6.00. The summed E-state index contributed by atoms with van der Waals surface area (Å²) < 4.78 is 4.89. The second-order valence-corrected chi connectivity index (χ2v) is 12.1. The number of nitrogens with one attached hydrogen (secondary N) is 3. The van der Waals surface area contributed by atoms with Gasteiger partial charge in [0.1, 0.15) is 23.8 Å². The van der Waals surface area contributed by atoms with E-state index in [0.29, 0.717) is 18.7 Å². The van der Waals surface area contributed by atoms with Crippen molar-refractivity contribution in [2.75, 3.05) is 13.7 Å². The first kappa shape index (κ1) is 27.7. The zero-order valence-electron chi connectivity index (χ0n) is 23.3. The number of rotatable bonds is 9. The van der Waals surface area contributed by atoms with Crippen LogP contribution >= 0.6 is 0 Å². The fourth-order valence-electron chi connectivity index (χ4n) is 6.00. The number of likely N-dealkylation sites (tertiary alicyclic amines) is 1. The van der Waals surface area contributed by atoms with Crippen molar-refractivity contribution < 1.29 is 23.9 Å². The molecule has 38 heavy (non-hydrogen) atoms. The number of methoxy groups -OCH3 is 1. The number of ether oxygens (including phenoxy) is 1. The highest BCUT2D eigenvalue weighted by molar-refractivity contribution is 6.01. The number of aromatic nitrogens is 1. The van der Waals surface area contributed by atoms with E-state index < -0.39 is 24.1 Å². The molecule has 0 unspecified atom stereocenters. The van der Waals surface area contributed by atoms with Crippen molar-refractivity contribution in [3.8, 4) is 0 Å². The Kier molecular flexibility index (Phi) is 7.59. The van der Waals surface area contributed by atoms with Crippen molar-refractivity contribution in [3.05, 3.63) is 36.0 Å². The third-order valence-electron chi connectivity index (χ3n) is 8.26. The number of carbonyl (C=O) groups excluding carboxylic acids is 4. The molecule has 1 aromatic heterocycles. The summed E-state index contributed by atoms with van der Waals surface area (Å²) in [5.74, 6) is -1.38. The molecule has 9 nitrogen and oxygen atoms in total. The van der Waals surface area contributed by atoms with Gasteiger partial charge in [0.15, 0.2) is 0 Å². The molecule has 0 bridgehead atoms. The number of aromatic amines is 1. The molecule has 3 N–H and O–H groups in total. The average Bonchev–Trinajstić information content (AvgIpc) is 3.24. The molecule has 3 amide bonds. The Morgan fingerprint density at radius 2 is 1.79 bits per heavy atom. The minimum absolute atomic E-state index is 0.0129. The number of amides is 3. The zero-order chi connectivity index (χ0) is 27.9. The minimum Gasteiger partial charge on any atom is -0.467 e. The Hall–Kier alpha value is -3.36. The van der Waals surface area contributed by atoms with E-state index in [0.717, 1.165) is 10.9 Å². The normalized spacial score (nSPS) is 23.2. The van der Waals surface area contributed by atoms with Crippen LogP contribution in [0.2, 0.25) is 0 Å². The Morgan fingerprint density at radius 1 is 1.11 bits per heavy atom. The number of nitrogens with zero attached hydrogens (tertiary/aromatic N) is 1. The van der Waals surface area contributed by atoms with Crippen LogP contribution in [-0.4, -0.2) is 65.4 Å². The van der Waals surface area contributed by atoms with Crippen LogP contribution in [0.3, 0.4) is 0 Å². The average molecular weight is 525 g/mol. The number of piperidine rings is 1. The van der Waals surface area contributed by atoms with Crippen LogP contribution in [0.5, 0.6) is 0 Å². The molecule has 2 fully saturated rings. The van der Waals surface area contributed by atoms with Crippen molar-refractivity contribution >= 4 is 34.6 Å². The highest BCUT2D eigenvalue weighted by Gasteiger charge is 2.69. The van der Waals surface area contributed by atoms with Gasteiger partial charge in [-0.2, -0.15) is 0 Å². The van der Waals surface area contributed by atoms with Crippen LogP contribution in [0.4, 0.5) is 0 Å². The van der Waals surface area contributed by atoms with Crippen molar-refractivity contribution in [2.24, 2.45) is 29.1 Å². The molecule has 5 atom stereocenters. The summed E-state index contributed by atoms with van der Waals surface area (Å²) in [5.41, 5.74) is 1.14. The third-order valence-corrected chi connectivity index (χ3v) is 8.26. The number of esters is 1. The van der Waals surface area contributed by atoms with E-state index in [1.807, 2.05) is 52.0 Å². The highest BCUT2D eigenvalue weighted by atomic mass is 16.5. The third kappa shape index (κ3) is 5.15. The molecule has 1 aliphatic heterocycles. The Balaban J connectivity index is 1.56. The van der Waals surface area contributed by atoms with Gasteiger partial charge in [-0.25, -0.2) is 4.79 Å². The Labute approximate surface area is 224 Å². The molecule has 206 valence electrons. The molecule has 0 radical (unpaired) electrons. The van der Waals surface area contributed by atoms with Gasteiger partial charge in [-0.3, -0.25) is 14.4 Å². The summed E-state index contributed by atoms with van der Waals surface area (Å²) in [6.07, 6.45) is 0.436. The quantitative estimate of drug-likeness (QED) is 0.436. The van der Waals surface area contributed by atoms with E-state index >= 15 is 0 Å². The smallest absolute Gasteiger partial charge is 0.328 e. The lowest BCUT2D eigenvalue weighted by molar-refractivity contribution is -0.148. The van der Waals surface area contributed by atoms with E-state index in [9.17, 15) is 19.2 Å². The SMILES string of the molecule is COC(=O)[C@@H](NC(=O)[C@@H]1[C@@H]2[C@H](CN1C(=O)[C@H](CC(C)C)NC(=O)c1cc3ccccc3[nH]1)C2(C)C)C(C)C. The van der Waals surface area contributed by atoms with Crippen LogP contribution in [-0.2, 0) is 19.1 Å². The van der Waals surface area contributed by atoms with Gasteiger partial charge in [-0.1, -0.05) is 59.7 Å². The van der Waals surface area contributed by atoms with E-state index in [-0.39, 0.29) is 46.8 Å². The maximum Gasteiger partial charge on any atom is 0.328 e. The number of H-pyrrole nitrogens is 1. The lowest BCUT2D eigenvalue weighted by Gasteiger charge is -2.34. The van der Waals surface area contributed by atoms with E-state index in [1.165, 1.54) is 7.11 Å². The van der Waals surface area contributed by atoms with Crippen molar-refractivity contribution in [1.82, 2.24) is 20.5 Å². The van der Waals surface area contributed by atoms with Gasteiger partial charge >= 0.3 is 5.97 Å². The van der Waals surface area contributed by atoms with Crippen molar-refractivity contribution in [3.63, 3.8) is 0 Å². The summed E-state index contributed by atoms with van der Waals surface area (Å²) in [4.78, 5) is 57.8. The van der Waals surface area contributed by atoms with Crippen molar-refractivity contribution in [2.45, 2.75) is 66.1 Å². The minimum atomic E-state index is -0.807. The molecular formula is C29H40N4O5. The Morgan fingerprint density at radius 3 is 2.39 bits per heavy atom. The second kappa shape index (κ2) is 10.4. The highest BCUT2D eigenvalue weighted by Crippen LogP contribution is 2.65. The first-order valence-electron chi connectivity index (χ1n) is 13.4. The molecule has 0 spiro atoms. The molecular weight excluding hydrogens is 484 g/mol. The second-order valence-electron chi connectivity index (χ2n) is 12.1. The van der Waals surface area contributed by atoms with Gasteiger partial charge in [0, 0.05) is 17.4 Å². The topological polar surface area (TPSA) is 121 Å². The summed E-state index contributed by atoms with van der Waals surface area (Å²) in [7, 11) is 1.29. The molecule has 2 aromatic rings. The van der Waals surface area contributed by atoms with Crippen LogP contribution in [0.25, 0.3) is 10.9 Å². The lowest BCUT2D eigenvalue weighted by atomic mass is 9.97. The maximum atomic E-state index is 14.0. The molecule has 1 aliphatic carbocycles. The number of fused-ring (bicyclic) bond motifs is 2. The summed E-state index contributed by atoms with van der Waals surface area (Å²) in [6.45, 7) is 12.3. The predicted molar refractivity (Wildman–Crippen MR) is 144 cm³/mol. The maximum absolute atomic E-state index is 14.0. The van der Waals surface area contributed by atoms with Gasteiger partial charge < -0.3 is 25.3 Å². The van der Waals surface area contributed by atoms with E-state index in [2.05, 4.69) is 29.5 Å². The van der Waals surface area contributed by atoms with Gasteiger partial charge in [0.2, 0.25) is 11.8 Å². The van der Waals surface area contributed by atoms with Gasteiger partial charge in [0.25, 0.3) is 5.91 Å². The van der Waals surface area contributed by atoms with Crippen LogP contribution in [0, 0.1) is 29.1 Å². The monoisotopic (exact) mass is 524 g/mol.